The molecule has 41 heavy (non-hydrogen) atoms. The zero-order valence-electron chi connectivity index (χ0n) is 23.0. The molecular weight excluding hydrogens is 557 g/mol. The van der Waals surface area contributed by atoms with Gasteiger partial charge < -0.3 is 5.32 Å². The molecule has 8 nitrogen and oxygen atoms in total. The minimum atomic E-state index is -4.16. The highest BCUT2D eigenvalue weighted by atomic mass is 32.2. The highest BCUT2D eigenvalue weighted by Gasteiger charge is 2.43. The summed E-state index contributed by atoms with van der Waals surface area (Å²) in [7, 11) is -3.87. The van der Waals surface area contributed by atoms with Crippen LogP contribution in [0.5, 0.6) is 0 Å². The second-order valence-electron chi connectivity index (χ2n) is 11.6. The van der Waals surface area contributed by atoms with E-state index in [4.69, 9.17) is 0 Å². The van der Waals surface area contributed by atoms with E-state index in [0.717, 1.165) is 31.2 Å². The molecule has 5 rings (SSSR count). The van der Waals surface area contributed by atoms with Gasteiger partial charge in [0.25, 0.3) is 11.8 Å². The number of nitrogens with zero attached hydrogens (tertiary/aromatic N) is 2. The molecule has 2 N–H and O–H groups in total. The number of alkyl halides is 3. The van der Waals surface area contributed by atoms with Crippen molar-refractivity contribution in [1.82, 2.24) is 19.8 Å². The van der Waals surface area contributed by atoms with Crippen molar-refractivity contribution in [1.29, 1.82) is 0 Å². The number of hydrogen-bond donors (Lipinski definition) is 2. The van der Waals surface area contributed by atoms with E-state index in [1.807, 2.05) is 25.1 Å². The van der Waals surface area contributed by atoms with Crippen LogP contribution in [0.25, 0.3) is 5.57 Å². The van der Waals surface area contributed by atoms with Gasteiger partial charge in [-0.1, -0.05) is 24.6 Å². The maximum absolute atomic E-state index is 13.6. The van der Waals surface area contributed by atoms with Crippen molar-refractivity contribution in [2.75, 3.05) is 0 Å². The second kappa shape index (κ2) is 11.3. The van der Waals surface area contributed by atoms with E-state index < -0.39 is 45.2 Å². The number of hydrogen-bond acceptors (Lipinski definition) is 5. The first-order valence-electron chi connectivity index (χ1n) is 14.2. The van der Waals surface area contributed by atoms with Gasteiger partial charge in [0.15, 0.2) is 0 Å². The zero-order valence-corrected chi connectivity index (χ0v) is 23.8. The van der Waals surface area contributed by atoms with Gasteiger partial charge >= 0.3 is 6.18 Å². The van der Waals surface area contributed by atoms with Crippen LogP contribution in [-0.4, -0.2) is 41.4 Å². The number of nitrogens with one attached hydrogen (secondary N) is 2. The van der Waals surface area contributed by atoms with Crippen LogP contribution < -0.4 is 10.0 Å². The Hall–Kier alpha value is -3.15. The summed E-state index contributed by atoms with van der Waals surface area (Å²) in [4.78, 5) is 26.9. The molecule has 0 saturated heterocycles. The second-order valence-corrected chi connectivity index (χ2v) is 13.6. The Kier molecular flexibility index (Phi) is 8.06. The molecular formula is C29H35F3N4O4S. The van der Waals surface area contributed by atoms with Gasteiger partial charge in [-0.15, -0.1) is 0 Å². The summed E-state index contributed by atoms with van der Waals surface area (Å²) in [6, 6.07) is 5.93. The molecule has 1 aromatic carbocycles. The zero-order chi connectivity index (χ0) is 29.4. The number of unbranched alkanes of at least 4 members (excludes halogenated alkanes) is 2. The van der Waals surface area contributed by atoms with E-state index in [-0.39, 0.29) is 18.4 Å². The molecule has 2 aromatic rings. The van der Waals surface area contributed by atoms with Crippen molar-refractivity contribution in [3.05, 3.63) is 58.4 Å². The van der Waals surface area contributed by atoms with Gasteiger partial charge in [0, 0.05) is 31.1 Å². The number of rotatable bonds is 10. The Morgan fingerprint density at radius 2 is 1.88 bits per heavy atom. The molecule has 0 bridgehead atoms. The highest BCUT2D eigenvalue weighted by Crippen LogP contribution is 2.40. The van der Waals surface area contributed by atoms with Gasteiger partial charge in [0.2, 0.25) is 10.0 Å². The molecule has 1 aromatic heterocycles. The fourth-order valence-corrected chi connectivity index (χ4v) is 6.99. The van der Waals surface area contributed by atoms with Crippen LogP contribution in [0.1, 0.15) is 87.0 Å². The number of halogens is 3. The average molecular weight is 593 g/mol. The Bertz CT molecular complexity index is 1480. The largest absolute Gasteiger partial charge is 0.389 e. The average Bonchev–Trinajstić information content (AvgIpc) is 3.66. The number of amides is 2. The maximum Gasteiger partial charge on any atom is 0.389 e. The van der Waals surface area contributed by atoms with Crippen molar-refractivity contribution in [3.8, 4) is 0 Å². The van der Waals surface area contributed by atoms with Crippen LogP contribution in [0.4, 0.5) is 13.2 Å². The Labute approximate surface area is 237 Å². The number of sulfonamides is 1. The van der Waals surface area contributed by atoms with Crippen molar-refractivity contribution >= 4 is 27.4 Å². The van der Waals surface area contributed by atoms with Gasteiger partial charge in [0.1, 0.15) is 5.57 Å². The van der Waals surface area contributed by atoms with Crippen LogP contribution in [0.15, 0.2) is 36.2 Å². The fourth-order valence-electron chi connectivity index (χ4n) is 5.71. The predicted octanol–water partition coefficient (Wildman–Crippen LogP) is 4.68. The maximum atomic E-state index is 13.6. The Morgan fingerprint density at radius 3 is 2.59 bits per heavy atom. The molecule has 1 saturated carbocycles. The lowest BCUT2D eigenvalue weighted by Crippen LogP contribution is -2.50. The Balaban J connectivity index is 1.41. The summed E-state index contributed by atoms with van der Waals surface area (Å²) in [6.07, 6.45) is 4.61. The van der Waals surface area contributed by atoms with Gasteiger partial charge in [-0.25, -0.2) is 13.1 Å². The monoisotopic (exact) mass is 592 g/mol. The van der Waals surface area contributed by atoms with Gasteiger partial charge in [-0.2, -0.15) is 18.3 Å². The van der Waals surface area contributed by atoms with Crippen LogP contribution in [0, 0.1) is 0 Å². The van der Waals surface area contributed by atoms with Gasteiger partial charge in [-0.3, -0.25) is 14.3 Å². The Morgan fingerprint density at radius 1 is 1.15 bits per heavy atom. The first-order valence-corrected chi connectivity index (χ1v) is 15.7. The third kappa shape index (κ3) is 6.85. The van der Waals surface area contributed by atoms with Crippen LogP contribution >= 0.6 is 0 Å². The number of fused-ring (bicyclic) bond motifs is 1. The number of carbonyl (C=O) groups excluding carboxylic acids is 2. The summed E-state index contributed by atoms with van der Waals surface area (Å²) in [6.45, 7) is 2.26. The van der Waals surface area contributed by atoms with E-state index in [9.17, 15) is 31.2 Å². The third-order valence-electron chi connectivity index (χ3n) is 8.19. The number of carbonyl (C=O) groups is 2. The molecule has 12 heteroatoms. The minimum Gasteiger partial charge on any atom is -0.342 e. The summed E-state index contributed by atoms with van der Waals surface area (Å²) >= 11 is 0. The summed E-state index contributed by atoms with van der Waals surface area (Å²) < 4.78 is 66.1. The molecule has 3 aliphatic rings. The van der Waals surface area contributed by atoms with Crippen LogP contribution in [0.3, 0.4) is 0 Å². The van der Waals surface area contributed by atoms with Crippen molar-refractivity contribution in [2.24, 2.45) is 0 Å². The van der Waals surface area contributed by atoms with Crippen molar-refractivity contribution in [2.45, 2.75) is 101 Å². The number of aromatic nitrogens is 2. The lowest BCUT2D eigenvalue weighted by molar-refractivity contribution is -0.135. The first-order chi connectivity index (χ1) is 19.3. The molecule has 1 fully saturated rings. The molecule has 2 heterocycles. The molecule has 0 radical (unpaired) electrons. The van der Waals surface area contributed by atoms with E-state index in [1.54, 1.807) is 17.1 Å². The molecule has 0 unspecified atom stereocenters. The van der Waals surface area contributed by atoms with Crippen LogP contribution in [0.2, 0.25) is 0 Å². The van der Waals surface area contributed by atoms with E-state index >= 15 is 0 Å². The lowest BCUT2D eigenvalue weighted by Gasteiger charge is -2.36. The molecule has 2 amide bonds. The number of aryl methyl sites for hydroxylation is 3. The smallest absolute Gasteiger partial charge is 0.342 e. The van der Waals surface area contributed by atoms with E-state index in [2.05, 4.69) is 15.1 Å². The van der Waals surface area contributed by atoms with Gasteiger partial charge in [0.05, 0.1) is 17.0 Å². The van der Waals surface area contributed by atoms with Crippen LogP contribution in [-0.2, 0) is 44.5 Å². The molecule has 1 aliphatic heterocycles. The summed E-state index contributed by atoms with van der Waals surface area (Å²) in [5, 5.41) is 6.65. The molecule has 1 atom stereocenters. The standard InChI is InChI=1S/C29H35F3N4O4S/c1-28(22-17-33-36(18-22)14-6-2-5-13-29(30,31)32)16-24(21-10-9-19-7-3-4-8-20(19)15-21)25(26(37)34-28)27(38)35-41(39,40)23-11-12-23/h9-10,15,17-18,23H,2-8,11-14,16H2,1H3,(H,34,37)(H,35,38)/t28-/m0/s1. The first kappa shape index (κ1) is 29.3. The summed E-state index contributed by atoms with van der Waals surface area (Å²) in [5.74, 6) is -1.60. The topological polar surface area (TPSA) is 110 Å². The molecule has 2 aliphatic carbocycles. The van der Waals surface area contributed by atoms with E-state index in [1.165, 1.54) is 5.56 Å². The van der Waals surface area contributed by atoms with Crippen molar-refractivity contribution < 1.29 is 31.2 Å². The summed E-state index contributed by atoms with van der Waals surface area (Å²) in [5.41, 5.74) is 3.10. The quantitative estimate of drug-likeness (QED) is 0.308. The van der Waals surface area contributed by atoms with Gasteiger partial charge in [-0.05, 0) is 80.6 Å². The fraction of sp³-hybridized carbons (Fsp3) is 0.552. The highest BCUT2D eigenvalue weighted by molar-refractivity contribution is 7.91. The van der Waals surface area contributed by atoms with E-state index in [0.29, 0.717) is 48.9 Å². The predicted molar refractivity (Wildman–Crippen MR) is 147 cm³/mol. The molecule has 0 spiro atoms. The minimum absolute atomic E-state index is 0.0572. The number of benzene rings is 1. The molecule has 222 valence electrons. The normalized spacial score (nSPS) is 21.4. The SMILES string of the molecule is C[C@@]1(c2cnn(CCCCCC(F)(F)F)c2)CC(c2ccc3c(c2)CCCC3)=C(C(=O)NS(=O)(=O)C2CC2)C(=O)N1. The third-order valence-corrected chi connectivity index (χ3v) is 10.0. The van der Waals surface area contributed by atoms with Crippen molar-refractivity contribution in [3.63, 3.8) is 0 Å². The lowest BCUT2D eigenvalue weighted by atomic mass is 9.78.